The number of aliphatic hydroxyl groups is 1. The number of nitrogens with two attached hydrogens (primary N) is 1. The highest BCUT2D eigenvalue weighted by molar-refractivity contribution is 6.10. The number of hydrogen-bond acceptors (Lipinski definition) is 12. The van der Waals surface area contributed by atoms with Crippen LogP contribution >= 0.6 is 0 Å². The maximum absolute atomic E-state index is 15.4. The average Bonchev–Trinajstić information content (AvgIpc) is 3.51. The number of benzene rings is 3. The largest absolute Gasteiger partial charge is 0.404 e. The van der Waals surface area contributed by atoms with Crippen molar-refractivity contribution in [2.75, 3.05) is 51.3 Å². The first-order valence-corrected chi connectivity index (χ1v) is 20.1. The Bertz CT molecular complexity index is 2370. The maximum Gasteiger partial charge on any atom is 0.259 e. The van der Waals surface area contributed by atoms with Crippen LogP contribution in [-0.4, -0.2) is 118 Å². The number of halogens is 2. The number of aliphatic imine (C=N–C) groups is 1. The number of amides is 4. The van der Waals surface area contributed by atoms with E-state index in [0.29, 0.717) is 96.9 Å². The molecule has 60 heavy (non-hydrogen) atoms. The van der Waals surface area contributed by atoms with Crippen molar-refractivity contribution in [1.82, 2.24) is 30.0 Å². The lowest BCUT2D eigenvalue weighted by molar-refractivity contribution is -0.139. The molecule has 15 nitrogen and oxygen atoms in total. The molecule has 17 heteroatoms. The zero-order chi connectivity index (χ0) is 41.9. The smallest absolute Gasteiger partial charge is 0.259 e. The predicted octanol–water partition coefficient (Wildman–Crippen LogP) is 3.52. The van der Waals surface area contributed by atoms with Gasteiger partial charge in [-0.2, -0.15) is 0 Å². The zero-order valence-electron chi connectivity index (χ0n) is 32.8. The predicted molar refractivity (Wildman–Crippen MR) is 218 cm³/mol. The summed E-state index contributed by atoms with van der Waals surface area (Å²) in [6, 6.07) is 11.9. The Morgan fingerprint density at radius 2 is 1.78 bits per heavy atom. The first-order chi connectivity index (χ1) is 29.1. The molecule has 4 aliphatic rings. The minimum Gasteiger partial charge on any atom is -0.404 e. The minimum absolute atomic E-state index is 0.0130. The van der Waals surface area contributed by atoms with Crippen molar-refractivity contribution >= 4 is 52.1 Å². The number of rotatable bonds is 11. The van der Waals surface area contributed by atoms with Crippen LogP contribution in [0.2, 0.25) is 0 Å². The van der Waals surface area contributed by atoms with Crippen LogP contribution in [0.25, 0.3) is 27.7 Å². The van der Waals surface area contributed by atoms with E-state index >= 15 is 8.78 Å². The highest BCUT2D eigenvalue weighted by Crippen LogP contribution is 2.39. The molecule has 5 heterocycles. The molecule has 312 valence electrons. The van der Waals surface area contributed by atoms with Gasteiger partial charge in [0.25, 0.3) is 5.91 Å². The first kappa shape index (κ1) is 40.6. The molecule has 4 aromatic rings. The van der Waals surface area contributed by atoms with Gasteiger partial charge < -0.3 is 25.8 Å². The lowest BCUT2D eigenvalue weighted by atomic mass is 10.0. The lowest BCUT2D eigenvalue weighted by Crippen LogP contribution is -2.53. The van der Waals surface area contributed by atoms with Crippen molar-refractivity contribution in [1.29, 1.82) is 0 Å². The molecule has 3 aromatic carbocycles. The molecule has 5 N–H and O–H groups in total. The van der Waals surface area contributed by atoms with E-state index in [0.717, 1.165) is 4.90 Å². The third kappa shape index (κ3) is 8.32. The fourth-order valence-electron chi connectivity index (χ4n) is 8.23. The number of aromatic nitrogens is 2. The highest BCUT2D eigenvalue weighted by Gasteiger charge is 2.45. The molecule has 0 aliphatic carbocycles. The Balaban J connectivity index is 0.864. The number of para-hydroxylation sites is 1. The van der Waals surface area contributed by atoms with Crippen LogP contribution in [0.5, 0.6) is 0 Å². The number of aliphatic hydroxyl groups excluding tert-OH is 1. The van der Waals surface area contributed by atoms with Crippen LogP contribution in [0.3, 0.4) is 0 Å². The normalized spacial score (nSPS) is 20.6. The molecular weight excluding hydrogens is 777 g/mol. The molecule has 4 amide bonds. The molecular formula is C43H45F2N9O6. The van der Waals surface area contributed by atoms with E-state index in [1.807, 2.05) is 4.90 Å². The number of fused-ring (bicyclic) bond motifs is 2. The number of allylic oxidation sites excluding steroid dienone is 1. The number of carbonyl (C=O) groups excluding carboxylic acids is 4. The summed E-state index contributed by atoms with van der Waals surface area (Å²) in [5.41, 5.74) is 9.91. The highest BCUT2D eigenvalue weighted by atomic mass is 19.1. The number of nitrogens with one attached hydrogen (secondary N) is 2. The van der Waals surface area contributed by atoms with E-state index in [-0.39, 0.29) is 55.4 Å². The molecule has 0 radical (unpaired) electrons. The van der Waals surface area contributed by atoms with Gasteiger partial charge in [0.15, 0.2) is 6.23 Å². The third-order valence-corrected chi connectivity index (χ3v) is 11.5. The number of anilines is 1. The van der Waals surface area contributed by atoms with Gasteiger partial charge in [0.05, 0.1) is 47.7 Å². The Morgan fingerprint density at radius 1 is 1.03 bits per heavy atom. The Hall–Kier alpha value is -6.17. The Morgan fingerprint density at radius 3 is 2.52 bits per heavy atom. The Kier molecular flexibility index (Phi) is 11.9. The standard InChI is InChI=1S/C43H45F2N9O6/c44-31-19-25(20-32(45)30(31)24-52-15-17-60-18-16-52)28-3-1-6-34-40(28)50-35(23-49-34)26(21-46)22-48-27-10-13-53(14-11-27)38(56)9-12-47-33-5-2-4-29-39(33)43(59)54(42(29)58)36-7-8-37(55)51-41(36)57/h1-6,19-23,27,36,42,47,58H,7-18,24,46H2,(H,51,55,57). The second kappa shape index (κ2) is 17.6. The SMILES string of the molecule is NC=C(C=NC1CCN(C(=O)CCNc2cccc3c2C(=O)N(C2CCC(=O)NC2=O)C3O)CC1)c1cnc2cccc(-c3cc(F)c(CN4CCOCC4)c(F)c3)c2n1. The molecule has 3 saturated heterocycles. The molecule has 2 atom stereocenters. The van der Waals surface area contributed by atoms with E-state index in [1.54, 1.807) is 53.7 Å². The van der Waals surface area contributed by atoms with Crippen molar-refractivity contribution in [3.63, 3.8) is 0 Å². The number of nitrogens with zero attached hydrogens (tertiary/aromatic N) is 6. The first-order valence-electron chi connectivity index (χ1n) is 20.1. The number of likely N-dealkylation sites (tertiary alicyclic amines) is 1. The van der Waals surface area contributed by atoms with Crippen LogP contribution in [0.1, 0.15) is 65.5 Å². The van der Waals surface area contributed by atoms with Gasteiger partial charge in [-0.3, -0.25) is 44.3 Å². The van der Waals surface area contributed by atoms with Gasteiger partial charge in [0.1, 0.15) is 17.7 Å². The van der Waals surface area contributed by atoms with Crippen molar-refractivity contribution in [3.8, 4) is 11.1 Å². The quantitative estimate of drug-likeness (QED) is 0.128. The van der Waals surface area contributed by atoms with E-state index in [1.165, 1.54) is 18.3 Å². The summed E-state index contributed by atoms with van der Waals surface area (Å²) in [6.07, 6.45) is 4.84. The fourth-order valence-corrected chi connectivity index (χ4v) is 8.23. The maximum atomic E-state index is 15.4. The lowest BCUT2D eigenvalue weighted by Gasteiger charge is -2.31. The second-order valence-corrected chi connectivity index (χ2v) is 15.2. The average molecular weight is 822 g/mol. The van der Waals surface area contributed by atoms with E-state index < -0.39 is 41.6 Å². The molecule has 0 saturated carbocycles. The van der Waals surface area contributed by atoms with Gasteiger partial charge >= 0.3 is 0 Å². The third-order valence-electron chi connectivity index (χ3n) is 11.5. The van der Waals surface area contributed by atoms with Gasteiger partial charge in [-0.15, -0.1) is 0 Å². The number of morpholine rings is 1. The number of carbonyl (C=O) groups is 4. The van der Waals surface area contributed by atoms with Crippen molar-refractivity contribution < 1.29 is 37.8 Å². The van der Waals surface area contributed by atoms with Gasteiger partial charge in [-0.1, -0.05) is 24.3 Å². The van der Waals surface area contributed by atoms with Crippen LogP contribution in [0.4, 0.5) is 14.5 Å². The number of ether oxygens (including phenoxy) is 1. The van der Waals surface area contributed by atoms with Gasteiger partial charge in [-0.05, 0) is 49.1 Å². The van der Waals surface area contributed by atoms with E-state index in [4.69, 9.17) is 20.4 Å². The summed E-state index contributed by atoms with van der Waals surface area (Å²) in [5, 5.41) is 16.4. The Labute approximate surface area is 344 Å². The van der Waals surface area contributed by atoms with Crippen LogP contribution in [0, 0.1) is 11.6 Å². The molecule has 0 bridgehead atoms. The molecule has 2 unspecified atom stereocenters. The van der Waals surface area contributed by atoms with Gasteiger partial charge in [0.2, 0.25) is 17.7 Å². The summed E-state index contributed by atoms with van der Waals surface area (Å²) in [7, 11) is 0. The van der Waals surface area contributed by atoms with Crippen molar-refractivity contribution in [2.24, 2.45) is 10.7 Å². The number of piperidine rings is 2. The summed E-state index contributed by atoms with van der Waals surface area (Å²) >= 11 is 0. The van der Waals surface area contributed by atoms with Crippen LogP contribution < -0.4 is 16.4 Å². The molecule has 1 aromatic heterocycles. The van der Waals surface area contributed by atoms with Crippen LogP contribution in [-0.2, 0) is 25.7 Å². The van der Waals surface area contributed by atoms with E-state index in [2.05, 4.69) is 15.6 Å². The summed E-state index contributed by atoms with van der Waals surface area (Å²) < 4.78 is 36.1. The number of hydrogen-bond donors (Lipinski definition) is 4. The molecule has 4 aliphatic heterocycles. The number of imide groups is 1. The van der Waals surface area contributed by atoms with E-state index in [9.17, 15) is 24.3 Å². The summed E-state index contributed by atoms with van der Waals surface area (Å²) in [4.78, 5) is 69.8. The van der Waals surface area contributed by atoms with Crippen LogP contribution in [0.15, 0.2) is 65.9 Å². The molecule has 0 spiro atoms. The second-order valence-electron chi connectivity index (χ2n) is 15.2. The zero-order valence-corrected chi connectivity index (χ0v) is 32.8. The van der Waals surface area contributed by atoms with Gasteiger partial charge in [0, 0.05) is 92.5 Å². The van der Waals surface area contributed by atoms with Gasteiger partial charge in [-0.25, -0.2) is 13.8 Å². The summed E-state index contributed by atoms with van der Waals surface area (Å²) in [6.45, 7) is 3.64. The van der Waals surface area contributed by atoms with Crippen molar-refractivity contribution in [3.05, 3.63) is 94.9 Å². The topological polar surface area (TPSA) is 196 Å². The fraction of sp³-hybridized carbons (Fsp3) is 0.372. The molecule has 8 rings (SSSR count). The molecule has 3 fully saturated rings. The summed E-state index contributed by atoms with van der Waals surface area (Å²) in [5.74, 6) is -2.89. The van der Waals surface area contributed by atoms with Crippen molar-refractivity contribution in [2.45, 2.75) is 57.0 Å². The minimum atomic E-state index is -1.34. The monoisotopic (exact) mass is 821 g/mol.